The number of para-hydroxylation sites is 1. The minimum Gasteiger partial charge on any atom is -0.452 e. The predicted octanol–water partition coefficient (Wildman–Crippen LogP) is 3.03. The summed E-state index contributed by atoms with van der Waals surface area (Å²) in [4.78, 5) is 26.6. The molecule has 166 valence electrons. The molecule has 0 spiro atoms. The van der Waals surface area contributed by atoms with Crippen LogP contribution < -0.4 is 9.62 Å². The van der Waals surface area contributed by atoms with Crippen LogP contribution in [0, 0.1) is 0 Å². The number of hydrogen-bond acceptors (Lipinski definition) is 5. The molecule has 0 aromatic heterocycles. The highest BCUT2D eigenvalue weighted by Crippen LogP contribution is 2.28. The number of carbonyl (C=O) groups is 2. The maximum Gasteiger partial charge on any atom is 0.307 e. The molecule has 8 heteroatoms. The van der Waals surface area contributed by atoms with Crippen LogP contribution in [0.4, 0.5) is 5.69 Å². The Bertz CT molecular complexity index is 1270. The van der Waals surface area contributed by atoms with E-state index in [-0.39, 0.29) is 23.8 Å². The molecule has 0 radical (unpaired) electrons. The molecule has 0 aliphatic carbocycles. The van der Waals surface area contributed by atoms with Crippen LogP contribution in [0.3, 0.4) is 0 Å². The number of carbonyl (C=O) groups excluding carboxylic acids is 2. The van der Waals surface area contributed by atoms with E-state index in [9.17, 15) is 18.0 Å². The van der Waals surface area contributed by atoms with Crippen molar-refractivity contribution in [3.63, 3.8) is 0 Å². The normalized spacial score (nSPS) is 14.2. The molecule has 3 aromatic carbocycles. The number of hydrogen-bond donors (Lipinski definition) is 1. The van der Waals surface area contributed by atoms with E-state index in [1.165, 1.54) is 13.0 Å². The van der Waals surface area contributed by atoms with Crippen molar-refractivity contribution in [3.8, 4) is 0 Å². The fraction of sp³-hybridized carbons (Fsp3) is 0.250. The van der Waals surface area contributed by atoms with Crippen molar-refractivity contribution in [2.24, 2.45) is 0 Å². The molecule has 1 aliphatic heterocycles. The quantitative estimate of drug-likeness (QED) is 0.557. The van der Waals surface area contributed by atoms with Gasteiger partial charge in [0.25, 0.3) is 5.91 Å². The van der Waals surface area contributed by atoms with Crippen molar-refractivity contribution < 1.29 is 22.7 Å². The summed E-state index contributed by atoms with van der Waals surface area (Å²) in [6, 6.07) is 19.9. The first-order valence-corrected chi connectivity index (χ1v) is 11.9. The number of benzene rings is 3. The highest BCUT2D eigenvalue weighted by Gasteiger charge is 2.29. The lowest BCUT2D eigenvalue weighted by atomic mass is 10.1. The summed E-state index contributed by atoms with van der Waals surface area (Å²) < 4.78 is 32.8. The second-order valence-corrected chi connectivity index (χ2v) is 9.42. The van der Waals surface area contributed by atoms with Crippen molar-refractivity contribution in [1.82, 2.24) is 4.72 Å². The molecule has 1 amide bonds. The first-order chi connectivity index (χ1) is 15.3. The third-order valence-corrected chi connectivity index (χ3v) is 6.92. The number of ether oxygens (including phenoxy) is 1. The summed E-state index contributed by atoms with van der Waals surface area (Å²) in [7, 11) is -3.77. The van der Waals surface area contributed by atoms with E-state index in [1.807, 2.05) is 48.5 Å². The van der Waals surface area contributed by atoms with E-state index in [0.29, 0.717) is 6.54 Å². The lowest BCUT2D eigenvalue weighted by molar-refractivity contribution is -0.153. The Balaban J connectivity index is 1.30. The third-order valence-electron chi connectivity index (χ3n) is 5.46. The van der Waals surface area contributed by atoms with Crippen LogP contribution >= 0.6 is 0 Å². The van der Waals surface area contributed by atoms with E-state index in [1.54, 1.807) is 17.0 Å². The zero-order chi connectivity index (χ0) is 22.7. The first kappa shape index (κ1) is 22.0. The molecule has 4 rings (SSSR count). The molecule has 1 N–H and O–H groups in total. The minimum absolute atomic E-state index is 0.124. The smallest absolute Gasteiger partial charge is 0.307 e. The lowest BCUT2D eigenvalue weighted by Crippen LogP contribution is -2.39. The van der Waals surface area contributed by atoms with Crippen LogP contribution in [0.15, 0.2) is 71.6 Å². The first-order valence-electron chi connectivity index (χ1n) is 10.4. The molecule has 32 heavy (non-hydrogen) atoms. The van der Waals surface area contributed by atoms with Crippen molar-refractivity contribution in [2.75, 3.05) is 18.0 Å². The standard InChI is InChI=1S/C24H24N2O5S/c1-17(24(28)26-15-13-19-7-4-5-9-22(19)26)31-23(27)12-14-25-32(29,30)21-11-10-18-6-2-3-8-20(18)16-21/h2-11,16-17,25H,12-15H2,1H3. The van der Waals surface area contributed by atoms with Gasteiger partial charge in [-0.1, -0.05) is 48.5 Å². The Labute approximate surface area is 187 Å². The number of fused-ring (bicyclic) bond motifs is 2. The summed E-state index contributed by atoms with van der Waals surface area (Å²) in [5.41, 5.74) is 1.92. The number of rotatable bonds is 7. The topological polar surface area (TPSA) is 92.8 Å². The number of sulfonamides is 1. The molecule has 1 aliphatic rings. The Hall–Kier alpha value is -3.23. The van der Waals surface area contributed by atoms with Crippen molar-refractivity contribution in [2.45, 2.75) is 30.8 Å². The van der Waals surface area contributed by atoms with Gasteiger partial charge in [0.2, 0.25) is 10.0 Å². The van der Waals surface area contributed by atoms with Crippen molar-refractivity contribution >= 4 is 38.4 Å². The number of anilines is 1. The third kappa shape index (κ3) is 4.66. The largest absolute Gasteiger partial charge is 0.452 e. The molecular weight excluding hydrogens is 428 g/mol. The summed E-state index contributed by atoms with van der Waals surface area (Å²) in [6.45, 7) is 1.95. The average molecular weight is 453 g/mol. The molecule has 0 fully saturated rings. The zero-order valence-corrected chi connectivity index (χ0v) is 18.5. The monoisotopic (exact) mass is 452 g/mol. The highest BCUT2D eigenvalue weighted by atomic mass is 32.2. The van der Waals surface area contributed by atoms with Gasteiger partial charge < -0.3 is 9.64 Å². The van der Waals surface area contributed by atoms with Crippen LogP contribution in [0.1, 0.15) is 18.9 Å². The number of nitrogens with zero attached hydrogens (tertiary/aromatic N) is 1. The lowest BCUT2D eigenvalue weighted by Gasteiger charge is -2.21. The molecule has 0 saturated carbocycles. The van der Waals surface area contributed by atoms with Gasteiger partial charge >= 0.3 is 5.97 Å². The van der Waals surface area contributed by atoms with Crippen molar-refractivity contribution in [3.05, 3.63) is 72.3 Å². The average Bonchev–Trinajstić information content (AvgIpc) is 3.22. The van der Waals surface area contributed by atoms with Crippen LogP contribution in [-0.2, 0) is 30.8 Å². The predicted molar refractivity (Wildman–Crippen MR) is 122 cm³/mol. The summed E-state index contributed by atoms with van der Waals surface area (Å²) in [5.74, 6) is -0.931. The molecular formula is C24H24N2O5S. The number of amides is 1. The molecule has 0 saturated heterocycles. The van der Waals surface area contributed by atoms with Gasteiger partial charge in [-0.3, -0.25) is 9.59 Å². The van der Waals surface area contributed by atoms with Gasteiger partial charge in [0.1, 0.15) is 0 Å². The second kappa shape index (κ2) is 9.10. The Morgan fingerprint density at radius 3 is 2.56 bits per heavy atom. The SMILES string of the molecule is CC(OC(=O)CCNS(=O)(=O)c1ccc2ccccc2c1)C(=O)N1CCc2ccccc21. The maximum absolute atomic E-state index is 12.7. The van der Waals surface area contributed by atoms with E-state index in [2.05, 4.69) is 4.72 Å². The van der Waals surface area contributed by atoms with Gasteiger partial charge in [-0.25, -0.2) is 13.1 Å². The summed E-state index contributed by atoms with van der Waals surface area (Å²) in [5, 5.41) is 1.75. The summed E-state index contributed by atoms with van der Waals surface area (Å²) in [6.07, 6.45) is -0.370. The zero-order valence-electron chi connectivity index (χ0n) is 17.7. The summed E-state index contributed by atoms with van der Waals surface area (Å²) >= 11 is 0. The Kier molecular flexibility index (Phi) is 6.25. The van der Waals surface area contributed by atoms with Gasteiger partial charge in [0, 0.05) is 18.8 Å². The van der Waals surface area contributed by atoms with Gasteiger partial charge in [-0.05, 0) is 47.9 Å². The molecule has 1 atom stereocenters. The number of nitrogens with one attached hydrogen (secondary N) is 1. The van der Waals surface area contributed by atoms with Crippen LogP contribution in [0.25, 0.3) is 10.8 Å². The fourth-order valence-corrected chi connectivity index (χ4v) is 4.87. The van der Waals surface area contributed by atoms with Crippen LogP contribution in [0.5, 0.6) is 0 Å². The molecule has 0 bridgehead atoms. The highest BCUT2D eigenvalue weighted by molar-refractivity contribution is 7.89. The van der Waals surface area contributed by atoms with E-state index < -0.39 is 22.1 Å². The van der Waals surface area contributed by atoms with Gasteiger partial charge in [0.05, 0.1) is 11.3 Å². The molecule has 1 unspecified atom stereocenters. The Morgan fingerprint density at radius 2 is 1.75 bits per heavy atom. The van der Waals surface area contributed by atoms with Crippen LogP contribution in [0.2, 0.25) is 0 Å². The van der Waals surface area contributed by atoms with E-state index in [0.717, 1.165) is 28.4 Å². The van der Waals surface area contributed by atoms with Gasteiger partial charge in [-0.15, -0.1) is 0 Å². The Morgan fingerprint density at radius 1 is 1.03 bits per heavy atom. The van der Waals surface area contributed by atoms with E-state index in [4.69, 9.17) is 4.74 Å². The van der Waals surface area contributed by atoms with Gasteiger partial charge in [-0.2, -0.15) is 0 Å². The fourth-order valence-electron chi connectivity index (χ4n) is 3.80. The van der Waals surface area contributed by atoms with E-state index >= 15 is 0 Å². The van der Waals surface area contributed by atoms with Crippen molar-refractivity contribution in [1.29, 1.82) is 0 Å². The molecule has 3 aromatic rings. The second-order valence-electron chi connectivity index (χ2n) is 7.66. The molecule has 7 nitrogen and oxygen atoms in total. The van der Waals surface area contributed by atoms with Gasteiger partial charge in [0.15, 0.2) is 6.10 Å². The number of esters is 1. The molecule has 1 heterocycles. The maximum atomic E-state index is 12.7. The minimum atomic E-state index is -3.77. The van der Waals surface area contributed by atoms with Crippen LogP contribution in [-0.4, -0.2) is 39.5 Å².